The summed E-state index contributed by atoms with van der Waals surface area (Å²) in [5, 5.41) is 0.629. The van der Waals surface area contributed by atoms with Gasteiger partial charge in [-0.1, -0.05) is 27.5 Å². The van der Waals surface area contributed by atoms with E-state index < -0.39 is 0 Å². The maximum Gasteiger partial charge on any atom is 0.0769 e. The maximum absolute atomic E-state index is 5.80. The first-order valence-corrected chi connectivity index (χ1v) is 4.76. The standard InChI is InChI=1S/C6H4BrClIN/c7-3-1-4(9)6(8)5(10)2-3/h1-2H,10H2. The van der Waals surface area contributed by atoms with Crippen molar-refractivity contribution in [1.29, 1.82) is 0 Å². The van der Waals surface area contributed by atoms with Gasteiger partial charge in [0.15, 0.2) is 0 Å². The van der Waals surface area contributed by atoms with Gasteiger partial charge >= 0.3 is 0 Å². The van der Waals surface area contributed by atoms with E-state index in [0.29, 0.717) is 10.7 Å². The zero-order chi connectivity index (χ0) is 7.72. The minimum absolute atomic E-state index is 0.612. The summed E-state index contributed by atoms with van der Waals surface area (Å²) >= 11 is 11.2. The van der Waals surface area contributed by atoms with Crippen molar-refractivity contribution in [2.24, 2.45) is 0 Å². The van der Waals surface area contributed by atoms with Crippen LogP contribution >= 0.6 is 50.1 Å². The first kappa shape index (κ1) is 8.62. The highest BCUT2D eigenvalue weighted by molar-refractivity contribution is 14.1. The van der Waals surface area contributed by atoms with Crippen molar-refractivity contribution in [3.8, 4) is 0 Å². The molecule has 0 heterocycles. The van der Waals surface area contributed by atoms with Crippen LogP contribution < -0.4 is 5.73 Å². The van der Waals surface area contributed by atoms with Gasteiger partial charge in [-0.15, -0.1) is 0 Å². The summed E-state index contributed by atoms with van der Waals surface area (Å²) in [5.41, 5.74) is 6.17. The number of hydrogen-bond donors (Lipinski definition) is 1. The van der Waals surface area contributed by atoms with E-state index in [4.69, 9.17) is 17.3 Å². The molecule has 0 amide bonds. The van der Waals surface area contributed by atoms with Gasteiger partial charge in [-0.2, -0.15) is 0 Å². The summed E-state index contributed by atoms with van der Waals surface area (Å²) < 4.78 is 1.92. The van der Waals surface area contributed by atoms with Crippen LogP contribution in [0.1, 0.15) is 0 Å². The van der Waals surface area contributed by atoms with Crippen molar-refractivity contribution in [2.45, 2.75) is 0 Å². The van der Waals surface area contributed by atoms with Gasteiger partial charge < -0.3 is 5.73 Å². The second-order valence-electron chi connectivity index (χ2n) is 1.79. The number of nitrogen functional groups attached to an aromatic ring is 1. The van der Waals surface area contributed by atoms with E-state index in [1.165, 1.54) is 0 Å². The zero-order valence-corrected chi connectivity index (χ0v) is 9.37. The van der Waals surface area contributed by atoms with Crippen LogP contribution in [0, 0.1) is 3.57 Å². The van der Waals surface area contributed by atoms with Crippen LogP contribution in [-0.2, 0) is 0 Å². The predicted molar refractivity (Wildman–Crippen MR) is 56.3 cm³/mol. The molecule has 2 N–H and O–H groups in total. The largest absolute Gasteiger partial charge is 0.397 e. The molecule has 0 aliphatic rings. The highest BCUT2D eigenvalue weighted by Crippen LogP contribution is 2.28. The molecule has 0 fully saturated rings. The Hall–Kier alpha value is 0.520. The van der Waals surface area contributed by atoms with Gasteiger partial charge in [0, 0.05) is 8.04 Å². The highest BCUT2D eigenvalue weighted by Gasteiger charge is 2.01. The van der Waals surface area contributed by atoms with E-state index in [9.17, 15) is 0 Å². The summed E-state index contributed by atoms with van der Waals surface area (Å²) in [6.45, 7) is 0. The molecule has 0 atom stereocenters. The van der Waals surface area contributed by atoms with Gasteiger partial charge in [-0.05, 0) is 34.7 Å². The summed E-state index contributed by atoms with van der Waals surface area (Å²) in [7, 11) is 0. The molecule has 1 aromatic rings. The second kappa shape index (κ2) is 3.28. The van der Waals surface area contributed by atoms with Crippen LogP contribution in [0.15, 0.2) is 16.6 Å². The lowest BCUT2D eigenvalue weighted by molar-refractivity contribution is 1.59. The molecule has 0 aromatic heterocycles. The van der Waals surface area contributed by atoms with Gasteiger partial charge in [0.05, 0.1) is 10.7 Å². The Morgan fingerprint density at radius 1 is 1.50 bits per heavy atom. The molecule has 0 unspecified atom stereocenters. The smallest absolute Gasteiger partial charge is 0.0769 e. The lowest BCUT2D eigenvalue weighted by Gasteiger charge is -2.00. The van der Waals surface area contributed by atoms with E-state index in [2.05, 4.69) is 38.5 Å². The van der Waals surface area contributed by atoms with E-state index in [1.807, 2.05) is 6.07 Å². The number of nitrogens with two attached hydrogens (primary N) is 1. The fourth-order valence-corrected chi connectivity index (χ4v) is 2.24. The minimum atomic E-state index is 0.612. The van der Waals surface area contributed by atoms with Gasteiger partial charge in [0.25, 0.3) is 0 Å². The van der Waals surface area contributed by atoms with Crippen LogP contribution in [0.25, 0.3) is 0 Å². The number of rotatable bonds is 0. The monoisotopic (exact) mass is 331 g/mol. The molecule has 0 radical (unpaired) electrons. The van der Waals surface area contributed by atoms with Gasteiger partial charge in [0.2, 0.25) is 0 Å². The Kier molecular flexibility index (Phi) is 2.82. The predicted octanol–water partition coefficient (Wildman–Crippen LogP) is 3.29. The molecule has 0 bridgehead atoms. The molecule has 4 heteroatoms. The van der Waals surface area contributed by atoms with Crippen molar-refractivity contribution in [3.63, 3.8) is 0 Å². The molecule has 0 aliphatic carbocycles. The lowest BCUT2D eigenvalue weighted by atomic mass is 10.3. The Morgan fingerprint density at radius 3 is 2.60 bits per heavy atom. The third-order valence-electron chi connectivity index (χ3n) is 1.02. The van der Waals surface area contributed by atoms with Crippen molar-refractivity contribution in [1.82, 2.24) is 0 Å². The summed E-state index contributed by atoms with van der Waals surface area (Å²) in [4.78, 5) is 0. The van der Waals surface area contributed by atoms with E-state index in [-0.39, 0.29) is 0 Å². The fourth-order valence-electron chi connectivity index (χ4n) is 0.576. The average Bonchev–Trinajstić information content (AvgIpc) is 1.82. The van der Waals surface area contributed by atoms with E-state index in [0.717, 1.165) is 8.04 Å². The first-order chi connectivity index (χ1) is 4.61. The third-order valence-corrected chi connectivity index (χ3v) is 3.07. The molecule has 10 heavy (non-hydrogen) atoms. The number of benzene rings is 1. The normalized spacial score (nSPS) is 9.90. The average molecular weight is 332 g/mol. The van der Waals surface area contributed by atoms with Crippen LogP contribution in [-0.4, -0.2) is 0 Å². The third kappa shape index (κ3) is 1.77. The van der Waals surface area contributed by atoms with Crippen molar-refractivity contribution in [2.75, 3.05) is 5.73 Å². The van der Waals surface area contributed by atoms with Crippen molar-refractivity contribution >= 4 is 55.8 Å². The summed E-state index contributed by atoms with van der Waals surface area (Å²) in [6.07, 6.45) is 0. The molecule has 0 aliphatic heterocycles. The van der Waals surface area contributed by atoms with Crippen LogP contribution in [0.3, 0.4) is 0 Å². The number of hydrogen-bond acceptors (Lipinski definition) is 1. The molecular weight excluding hydrogens is 328 g/mol. The summed E-state index contributed by atoms with van der Waals surface area (Å²) in [6, 6.07) is 3.70. The van der Waals surface area contributed by atoms with E-state index >= 15 is 0 Å². The molecule has 1 nitrogen and oxygen atoms in total. The Labute approximate surface area is 86.2 Å². The van der Waals surface area contributed by atoms with Crippen molar-refractivity contribution < 1.29 is 0 Å². The number of anilines is 1. The number of halogens is 3. The van der Waals surface area contributed by atoms with E-state index in [1.54, 1.807) is 6.07 Å². The van der Waals surface area contributed by atoms with Crippen LogP contribution in [0.2, 0.25) is 5.02 Å². The molecule has 54 valence electrons. The Bertz CT molecular complexity index is 241. The SMILES string of the molecule is Nc1cc(Br)cc(I)c1Cl. The van der Waals surface area contributed by atoms with Crippen molar-refractivity contribution in [3.05, 3.63) is 25.2 Å². The minimum Gasteiger partial charge on any atom is -0.397 e. The summed E-state index contributed by atoms with van der Waals surface area (Å²) in [5.74, 6) is 0. The molecule has 0 spiro atoms. The topological polar surface area (TPSA) is 26.0 Å². The van der Waals surface area contributed by atoms with Gasteiger partial charge in [-0.3, -0.25) is 0 Å². The van der Waals surface area contributed by atoms with Gasteiger partial charge in [0.1, 0.15) is 0 Å². The first-order valence-electron chi connectivity index (χ1n) is 2.51. The molecule has 0 saturated heterocycles. The van der Waals surface area contributed by atoms with Crippen LogP contribution in [0.5, 0.6) is 0 Å². The molecular formula is C6H4BrClIN. The second-order valence-corrected chi connectivity index (χ2v) is 4.25. The highest BCUT2D eigenvalue weighted by atomic mass is 127. The molecule has 1 rings (SSSR count). The zero-order valence-electron chi connectivity index (χ0n) is 4.87. The van der Waals surface area contributed by atoms with Crippen LogP contribution in [0.4, 0.5) is 5.69 Å². The molecule has 1 aromatic carbocycles. The molecule has 0 saturated carbocycles. The Morgan fingerprint density at radius 2 is 2.10 bits per heavy atom. The maximum atomic E-state index is 5.80. The quantitative estimate of drug-likeness (QED) is 0.440. The lowest BCUT2D eigenvalue weighted by Crippen LogP contribution is -1.87. The fraction of sp³-hybridized carbons (Fsp3) is 0. The Balaban J connectivity index is 3.31. The van der Waals surface area contributed by atoms with Gasteiger partial charge in [-0.25, -0.2) is 0 Å².